The number of aliphatic hydroxyl groups is 1. The molecule has 0 bridgehead atoms. The topological polar surface area (TPSA) is 105 Å². The van der Waals surface area contributed by atoms with Crippen molar-refractivity contribution in [2.75, 3.05) is 11.1 Å². The van der Waals surface area contributed by atoms with Crippen LogP contribution in [-0.4, -0.2) is 33.9 Å². The fraction of sp³-hybridized carbons (Fsp3) is 0.286. The van der Waals surface area contributed by atoms with Crippen LogP contribution in [0.1, 0.15) is 53.3 Å². The number of hydrogen-bond acceptors (Lipinski definition) is 6. The maximum Gasteiger partial charge on any atom is 0.336 e. The minimum atomic E-state index is -0.964. The summed E-state index contributed by atoms with van der Waals surface area (Å²) in [5.41, 5.74) is 3.46. The summed E-state index contributed by atoms with van der Waals surface area (Å²) in [5, 5.41) is 21.8. The largest absolute Gasteiger partial charge is 0.478 e. The number of rotatable bonds is 8. The van der Waals surface area contributed by atoms with Crippen molar-refractivity contribution >= 4 is 29.3 Å². The van der Waals surface area contributed by atoms with Crippen LogP contribution in [0.15, 0.2) is 77.7 Å². The molecule has 4 unspecified atom stereocenters. The highest BCUT2D eigenvalue weighted by Crippen LogP contribution is 2.43. The van der Waals surface area contributed by atoms with Crippen molar-refractivity contribution < 1.29 is 29.3 Å². The number of aromatic carboxylic acids is 1. The van der Waals surface area contributed by atoms with E-state index in [4.69, 9.17) is 9.47 Å². The van der Waals surface area contributed by atoms with E-state index in [9.17, 15) is 19.8 Å². The number of thioether (sulfide) groups is 1. The van der Waals surface area contributed by atoms with Crippen LogP contribution in [0.4, 0.5) is 5.69 Å². The van der Waals surface area contributed by atoms with E-state index in [1.54, 1.807) is 24.3 Å². The van der Waals surface area contributed by atoms with Crippen molar-refractivity contribution in [3.63, 3.8) is 0 Å². The third kappa shape index (κ3) is 6.14. The molecule has 188 valence electrons. The Labute approximate surface area is 214 Å². The number of nitrogens with one attached hydrogen (secondary N) is 1. The van der Waals surface area contributed by atoms with Gasteiger partial charge in [-0.25, -0.2) is 4.79 Å². The maximum absolute atomic E-state index is 11.7. The normalized spacial score (nSPS) is 21.6. The molecule has 7 nitrogen and oxygen atoms in total. The number of ether oxygens (including phenoxy) is 2. The zero-order valence-electron chi connectivity index (χ0n) is 20.1. The van der Waals surface area contributed by atoms with Gasteiger partial charge < -0.3 is 25.0 Å². The summed E-state index contributed by atoms with van der Waals surface area (Å²) >= 11 is 1.45. The molecule has 1 aliphatic heterocycles. The molecule has 0 saturated carbocycles. The number of carboxylic acids is 1. The Morgan fingerprint density at radius 2 is 1.72 bits per heavy atom. The summed E-state index contributed by atoms with van der Waals surface area (Å²) in [6.07, 6.45) is -1.22. The Kier molecular flexibility index (Phi) is 8.43. The fourth-order valence-electron chi connectivity index (χ4n) is 4.22. The van der Waals surface area contributed by atoms with E-state index in [1.165, 1.54) is 18.7 Å². The van der Waals surface area contributed by atoms with E-state index in [2.05, 4.69) is 12.2 Å². The SMILES string of the molecule is CC(=O)Nc1cccc(C2OC(CSc3ccccc3C(=O)O)C(C)C(c3ccc(CO)cc3)O2)c1. The predicted octanol–water partition coefficient (Wildman–Crippen LogP) is 5.42. The van der Waals surface area contributed by atoms with Crippen LogP contribution in [-0.2, 0) is 20.9 Å². The molecule has 3 aromatic rings. The molecule has 36 heavy (non-hydrogen) atoms. The fourth-order valence-corrected chi connectivity index (χ4v) is 5.43. The molecule has 8 heteroatoms. The van der Waals surface area contributed by atoms with Crippen molar-refractivity contribution in [2.45, 2.75) is 43.8 Å². The monoisotopic (exact) mass is 507 g/mol. The van der Waals surface area contributed by atoms with Gasteiger partial charge in [0.15, 0.2) is 6.29 Å². The van der Waals surface area contributed by atoms with Gasteiger partial charge in [-0.05, 0) is 35.4 Å². The lowest BCUT2D eigenvalue weighted by Gasteiger charge is -2.41. The van der Waals surface area contributed by atoms with Gasteiger partial charge in [0.05, 0.1) is 24.4 Å². The molecular formula is C28H29NO6S. The Balaban J connectivity index is 1.62. The Bertz CT molecular complexity index is 1210. The highest BCUT2D eigenvalue weighted by atomic mass is 32.2. The third-order valence-electron chi connectivity index (χ3n) is 6.12. The molecular weight excluding hydrogens is 478 g/mol. The molecule has 4 rings (SSSR count). The standard InChI is InChI=1S/C28H29NO6S/c1-17-24(16-36-25-9-4-3-8-23(25)27(32)33)34-28(21-6-5-7-22(14-21)29-18(2)31)35-26(17)20-12-10-19(15-30)11-13-20/h3-14,17,24,26,28,30H,15-16H2,1-2H3,(H,29,31)(H,32,33). The lowest BCUT2D eigenvalue weighted by Crippen LogP contribution is -2.38. The van der Waals surface area contributed by atoms with Crippen LogP contribution in [0.5, 0.6) is 0 Å². The molecule has 1 heterocycles. The maximum atomic E-state index is 11.7. The first kappa shape index (κ1) is 25.9. The molecule has 0 aliphatic carbocycles. The van der Waals surface area contributed by atoms with Crippen LogP contribution >= 0.6 is 11.8 Å². The predicted molar refractivity (Wildman–Crippen MR) is 138 cm³/mol. The zero-order chi connectivity index (χ0) is 25.7. The van der Waals surface area contributed by atoms with E-state index >= 15 is 0 Å². The number of benzene rings is 3. The molecule has 4 atom stereocenters. The van der Waals surface area contributed by atoms with Crippen molar-refractivity contribution in [2.24, 2.45) is 5.92 Å². The minimum Gasteiger partial charge on any atom is -0.478 e. The molecule has 0 spiro atoms. The lowest BCUT2D eigenvalue weighted by molar-refractivity contribution is -0.268. The van der Waals surface area contributed by atoms with Gasteiger partial charge in [-0.2, -0.15) is 0 Å². The van der Waals surface area contributed by atoms with Gasteiger partial charge in [0.25, 0.3) is 0 Å². The third-order valence-corrected chi connectivity index (χ3v) is 7.29. The van der Waals surface area contributed by atoms with Gasteiger partial charge in [0.1, 0.15) is 0 Å². The van der Waals surface area contributed by atoms with Crippen molar-refractivity contribution in [1.29, 1.82) is 0 Å². The van der Waals surface area contributed by atoms with Crippen LogP contribution in [0, 0.1) is 5.92 Å². The second-order valence-electron chi connectivity index (χ2n) is 8.74. The van der Waals surface area contributed by atoms with E-state index in [0.29, 0.717) is 16.3 Å². The Hall–Kier alpha value is -3.17. The second kappa shape index (κ2) is 11.7. The number of hydrogen-bond donors (Lipinski definition) is 3. The number of anilines is 1. The van der Waals surface area contributed by atoms with Crippen LogP contribution < -0.4 is 5.32 Å². The number of amides is 1. The highest BCUT2D eigenvalue weighted by Gasteiger charge is 2.38. The number of carboxylic acid groups (broad SMARTS) is 1. The number of carbonyl (C=O) groups excluding carboxylic acids is 1. The average molecular weight is 508 g/mol. The lowest BCUT2D eigenvalue weighted by atomic mass is 9.91. The van der Waals surface area contributed by atoms with Gasteiger partial charge in [0.2, 0.25) is 5.91 Å². The molecule has 0 radical (unpaired) electrons. The van der Waals surface area contributed by atoms with Crippen LogP contribution in [0.25, 0.3) is 0 Å². The summed E-state index contributed by atoms with van der Waals surface area (Å²) in [4.78, 5) is 23.9. The van der Waals surface area contributed by atoms with Crippen molar-refractivity contribution in [1.82, 2.24) is 0 Å². The molecule has 3 aromatic carbocycles. The van der Waals surface area contributed by atoms with Gasteiger partial charge >= 0.3 is 5.97 Å². The average Bonchev–Trinajstić information content (AvgIpc) is 2.88. The summed E-state index contributed by atoms with van der Waals surface area (Å²) in [6, 6.07) is 22.0. The van der Waals surface area contributed by atoms with E-state index < -0.39 is 12.3 Å². The summed E-state index contributed by atoms with van der Waals surface area (Å²) in [5.74, 6) is -0.639. The van der Waals surface area contributed by atoms with E-state index in [0.717, 1.165) is 16.7 Å². The number of aliphatic hydroxyl groups excluding tert-OH is 1. The Morgan fingerprint density at radius 3 is 2.42 bits per heavy atom. The van der Waals surface area contributed by atoms with Gasteiger partial charge in [0, 0.05) is 34.7 Å². The minimum absolute atomic E-state index is 0.0364. The first-order valence-corrected chi connectivity index (χ1v) is 12.7. The number of carbonyl (C=O) groups is 2. The quantitative estimate of drug-likeness (QED) is 0.350. The molecule has 1 saturated heterocycles. The van der Waals surface area contributed by atoms with Crippen molar-refractivity contribution in [3.05, 3.63) is 95.1 Å². The van der Waals surface area contributed by atoms with Gasteiger partial charge in [-0.15, -0.1) is 11.8 Å². The highest BCUT2D eigenvalue weighted by molar-refractivity contribution is 7.99. The second-order valence-corrected chi connectivity index (χ2v) is 9.80. The zero-order valence-corrected chi connectivity index (χ0v) is 20.9. The summed E-state index contributed by atoms with van der Waals surface area (Å²) in [6.45, 7) is 3.48. The van der Waals surface area contributed by atoms with Crippen LogP contribution in [0.2, 0.25) is 0 Å². The smallest absolute Gasteiger partial charge is 0.336 e. The van der Waals surface area contributed by atoms with E-state index in [1.807, 2.05) is 48.5 Å². The Morgan fingerprint density at radius 1 is 0.972 bits per heavy atom. The molecule has 3 N–H and O–H groups in total. The summed E-state index contributed by atoms with van der Waals surface area (Å²) < 4.78 is 12.9. The molecule has 1 amide bonds. The van der Waals surface area contributed by atoms with Crippen LogP contribution in [0.3, 0.4) is 0 Å². The molecule has 1 fully saturated rings. The molecule has 0 aromatic heterocycles. The first-order valence-electron chi connectivity index (χ1n) is 11.7. The molecule has 1 aliphatic rings. The van der Waals surface area contributed by atoms with Crippen molar-refractivity contribution in [3.8, 4) is 0 Å². The first-order chi connectivity index (χ1) is 17.4. The summed E-state index contributed by atoms with van der Waals surface area (Å²) in [7, 11) is 0. The van der Waals surface area contributed by atoms with Gasteiger partial charge in [-0.1, -0.05) is 55.5 Å². The van der Waals surface area contributed by atoms with Gasteiger partial charge in [-0.3, -0.25) is 4.79 Å². The van der Waals surface area contributed by atoms with E-state index in [-0.39, 0.29) is 36.2 Å².